The van der Waals surface area contributed by atoms with E-state index in [4.69, 9.17) is 0 Å². The molecule has 2 unspecified atom stereocenters. The molecule has 1 aliphatic carbocycles. The third-order valence-electron chi connectivity index (χ3n) is 3.60. The van der Waals surface area contributed by atoms with Gasteiger partial charge in [0.2, 0.25) is 0 Å². The molecule has 1 fully saturated rings. The van der Waals surface area contributed by atoms with Gasteiger partial charge in [0.1, 0.15) is 5.56 Å². The molecule has 1 aromatic heterocycles. The molecule has 0 saturated heterocycles. The van der Waals surface area contributed by atoms with Gasteiger partial charge in [0, 0.05) is 11.7 Å². The number of hydrogen-bond acceptors (Lipinski definition) is 3. The zero-order valence-corrected chi connectivity index (χ0v) is 11.2. The largest absolute Gasteiger partial charge is 0.478 e. The first kappa shape index (κ1) is 12.9. The minimum absolute atomic E-state index is 0.306. The second-order valence-electron chi connectivity index (χ2n) is 5.34. The maximum atomic E-state index is 11.3. The van der Waals surface area contributed by atoms with Crippen molar-refractivity contribution in [3.63, 3.8) is 0 Å². The highest BCUT2D eigenvalue weighted by molar-refractivity contribution is 5.95. The van der Waals surface area contributed by atoms with E-state index >= 15 is 0 Å². The molecule has 98 valence electrons. The van der Waals surface area contributed by atoms with Crippen LogP contribution in [0.5, 0.6) is 0 Å². The van der Waals surface area contributed by atoms with Gasteiger partial charge in [-0.2, -0.15) is 0 Å². The summed E-state index contributed by atoms with van der Waals surface area (Å²) in [6.07, 6.45) is 3.43. The van der Waals surface area contributed by atoms with Crippen LogP contribution in [0.25, 0.3) is 0 Å². The number of hydrogen-bond donors (Lipinski definition) is 2. The highest BCUT2D eigenvalue weighted by atomic mass is 16.4. The van der Waals surface area contributed by atoms with Gasteiger partial charge in [0.15, 0.2) is 0 Å². The van der Waals surface area contributed by atoms with Crippen LogP contribution in [0.15, 0.2) is 6.07 Å². The Morgan fingerprint density at radius 3 is 2.72 bits per heavy atom. The Bertz CT molecular complexity index is 471. The first-order chi connectivity index (χ1) is 8.47. The van der Waals surface area contributed by atoms with Gasteiger partial charge in [0.05, 0.1) is 11.4 Å². The number of aromatic nitrogens is 1. The SMILES string of the molecule is Cc1cc(NC2CCC(C)C2)c(C(=O)O)c(C)n1. The minimum atomic E-state index is -0.909. The fourth-order valence-corrected chi connectivity index (χ4v) is 2.77. The number of nitrogens with zero attached hydrogens (tertiary/aromatic N) is 1. The van der Waals surface area contributed by atoms with E-state index in [-0.39, 0.29) is 0 Å². The first-order valence-corrected chi connectivity index (χ1v) is 6.45. The summed E-state index contributed by atoms with van der Waals surface area (Å²) in [5, 5.41) is 12.7. The van der Waals surface area contributed by atoms with Crippen LogP contribution in [-0.2, 0) is 0 Å². The molecule has 2 atom stereocenters. The average molecular weight is 248 g/mol. The number of aromatic carboxylic acids is 1. The monoisotopic (exact) mass is 248 g/mol. The minimum Gasteiger partial charge on any atom is -0.478 e. The van der Waals surface area contributed by atoms with Gasteiger partial charge >= 0.3 is 5.97 Å². The lowest BCUT2D eigenvalue weighted by Crippen LogP contribution is -2.19. The fraction of sp³-hybridized carbons (Fsp3) is 0.571. The van der Waals surface area contributed by atoms with Gasteiger partial charge in [-0.1, -0.05) is 6.92 Å². The second-order valence-corrected chi connectivity index (χ2v) is 5.34. The molecule has 0 aromatic carbocycles. The van der Waals surface area contributed by atoms with Gasteiger partial charge in [-0.15, -0.1) is 0 Å². The van der Waals surface area contributed by atoms with Gasteiger partial charge in [-0.3, -0.25) is 4.98 Å². The summed E-state index contributed by atoms with van der Waals surface area (Å²) < 4.78 is 0. The molecule has 4 nitrogen and oxygen atoms in total. The zero-order chi connectivity index (χ0) is 13.3. The molecule has 1 heterocycles. The van der Waals surface area contributed by atoms with Crippen LogP contribution in [0.3, 0.4) is 0 Å². The van der Waals surface area contributed by atoms with Crippen molar-refractivity contribution < 1.29 is 9.90 Å². The fourth-order valence-electron chi connectivity index (χ4n) is 2.77. The van der Waals surface area contributed by atoms with Crippen molar-refractivity contribution in [1.29, 1.82) is 0 Å². The van der Waals surface area contributed by atoms with E-state index in [0.29, 0.717) is 23.0 Å². The molecule has 1 saturated carbocycles. The van der Waals surface area contributed by atoms with Gasteiger partial charge in [-0.25, -0.2) is 4.79 Å². The predicted molar refractivity (Wildman–Crippen MR) is 71.1 cm³/mol. The molecule has 0 aliphatic heterocycles. The van der Waals surface area contributed by atoms with Crippen molar-refractivity contribution in [2.45, 2.75) is 46.1 Å². The Hall–Kier alpha value is -1.58. The zero-order valence-electron chi connectivity index (χ0n) is 11.2. The Labute approximate surface area is 107 Å². The molecule has 18 heavy (non-hydrogen) atoms. The second kappa shape index (κ2) is 4.96. The number of rotatable bonds is 3. The van der Waals surface area contributed by atoms with Crippen LogP contribution in [0.4, 0.5) is 5.69 Å². The maximum absolute atomic E-state index is 11.3. The van der Waals surface area contributed by atoms with E-state index in [1.807, 2.05) is 13.0 Å². The summed E-state index contributed by atoms with van der Waals surface area (Å²) >= 11 is 0. The number of aryl methyl sites for hydroxylation is 2. The van der Waals surface area contributed by atoms with Crippen molar-refractivity contribution in [3.8, 4) is 0 Å². The molecule has 0 radical (unpaired) electrons. The first-order valence-electron chi connectivity index (χ1n) is 6.45. The quantitative estimate of drug-likeness (QED) is 0.863. The topological polar surface area (TPSA) is 62.2 Å². The lowest BCUT2D eigenvalue weighted by Gasteiger charge is -2.17. The molecule has 0 bridgehead atoms. The maximum Gasteiger partial charge on any atom is 0.339 e. The van der Waals surface area contributed by atoms with E-state index in [0.717, 1.165) is 24.5 Å². The molecule has 0 amide bonds. The Balaban J connectivity index is 2.28. The van der Waals surface area contributed by atoms with Crippen LogP contribution in [-0.4, -0.2) is 22.1 Å². The van der Waals surface area contributed by atoms with E-state index in [9.17, 15) is 9.90 Å². The van der Waals surface area contributed by atoms with Crippen LogP contribution in [0.1, 0.15) is 47.9 Å². The van der Waals surface area contributed by atoms with E-state index in [1.165, 1.54) is 6.42 Å². The summed E-state index contributed by atoms with van der Waals surface area (Å²) in [6, 6.07) is 2.22. The van der Waals surface area contributed by atoms with E-state index in [1.54, 1.807) is 6.92 Å². The van der Waals surface area contributed by atoms with E-state index < -0.39 is 5.97 Å². The number of pyridine rings is 1. The molecule has 1 aliphatic rings. The molecule has 1 aromatic rings. The van der Waals surface area contributed by atoms with Crippen LogP contribution >= 0.6 is 0 Å². The number of carboxylic acid groups (broad SMARTS) is 1. The Morgan fingerprint density at radius 2 is 2.17 bits per heavy atom. The van der Waals surface area contributed by atoms with Crippen molar-refractivity contribution >= 4 is 11.7 Å². The average Bonchev–Trinajstić information content (AvgIpc) is 2.62. The number of nitrogens with one attached hydrogen (secondary N) is 1. The summed E-state index contributed by atoms with van der Waals surface area (Å²) in [7, 11) is 0. The summed E-state index contributed by atoms with van der Waals surface area (Å²) in [5.41, 5.74) is 2.45. The lowest BCUT2D eigenvalue weighted by atomic mass is 10.1. The third-order valence-corrected chi connectivity index (χ3v) is 3.60. The summed E-state index contributed by atoms with van der Waals surface area (Å²) in [5.74, 6) is -0.187. The summed E-state index contributed by atoms with van der Waals surface area (Å²) in [6.45, 7) is 5.88. The predicted octanol–water partition coefficient (Wildman–Crippen LogP) is 3.00. The van der Waals surface area contributed by atoms with Crippen LogP contribution < -0.4 is 5.32 Å². The number of carboxylic acids is 1. The van der Waals surface area contributed by atoms with Gasteiger partial charge in [0.25, 0.3) is 0 Å². The van der Waals surface area contributed by atoms with Crippen LogP contribution in [0, 0.1) is 19.8 Å². The number of carbonyl (C=O) groups is 1. The van der Waals surface area contributed by atoms with E-state index in [2.05, 4.69) is 17.2 Å². The lowest BCUT2D eigenvalue weighted by molar-refractivity contribution is 0.0696. The van der Waals surface area contributed by atoms with Crippen LogP contribution in [0.2, 0.25) is 0 Å². The van der Waals surface area contributed by atoms with Crippen molar-refractivity contribution in [2.24, 2.45) is 5.92 Å². The standard InChI is InChI=1S/C14H20N2O2/c1-8-4-5-11(6-8)16-12-7-9(2)15-10(3)13(12)14(17)18/h7-8,11H,4-6H2,1-3H3,(H,15,16)(H,17,18). The molecule has 0 spiro atoms. The smallest absolute Gasteiger partial charge is 0.339 e. The Kier molecular flexibility index (Phi) is 3.55. The van der Waals surface area contributed by atoms with Crippen molar-refractivity contribution in [1.82, 2.24) is 4.98 Å². The molecular weight excluding hydrogens is 228 g/mol. The highest BCUT2D eigenvalue weighted by Gasteiger charge is 2.23. The highest BCUT2D eigenvalue weighted by Crippen LogP contribution is 2.29. The van der Waals surface area contributed by atoms with Crippen molar-refractivity contribution in [2.75, 3.05) is 5.32 Å². The third kappa shape index (κ3) is 2.63. The number of anilines is 1. The van der Waals surface area contributed by atoms with Gasteiger partial charge in [-0.05, 0) is 45.1 Å². The molecular formula is C14H20N2O2. The molecule has 2 N–H and O–H groups in total. The molecule has 2 rings (SSSR count). The normalized spacial score (nSPS) is 23.1. The molecule has 4 heteroatoms. The summed E-state index contributed by atoms with van der Waals surface area (Å²) in [4.78, 5) is 15.5. The van der Waals surface area contributed by atoms with Gasteiger partial charge < -0.3 is 10.4 Å². The van der Waals surface area contributed by atoms with Crippen molar-refractivity contribution in [3.05, 3.63) is 23.0 Å². The Morgan fingerprint density at radius 1 is 1.44 bits per heavy atom.